The van der Waals surface area contributed by atoms with Crippen molar-refractivity contribution < 1.29 is 13.6 Å². The summed E-state index contributed by atoms with van der Waals surface area (Å²) in [6, 6.07) is 6.99. The molecule has 0 aromatic heterocycles. The van der Waals surface area contributed by atoms with Gasteiger partial charge in [0.2, 0.25) is 5.91 Å². The minimum absolute atomic E-state index is 0.196. The number of hydrogen-bond acceptors (Lipinski definition) is 1. The Kier molecular flexibility index (Phi) is 5.97. The van der Waals surface area contributed by atoms with Crippen LogP contribution >= 0.6 is 15.9 Å². The zero-order chi connectivity index (χ0) is 17.9. The molecule has 2 nitrogen and oxygen atoms in total. The van der Waals surface area contributed by atoms with Crippen LogP contribution in [0, 0.1) is 11.8 Å². The molecular formula is C19H22BrF2NO. The lowest BCUT2D eigenvalue weighted by Crippen LogP contribution is -2.25. The second-order valence-electron chi connectivity index (χ2n) is 6.62. The van der Waals surface area contributed by atoms with E-state index in [0.717, 1.165) is 4.47 Å². The molecule has 1 aromatic carbocycles. The van der Waals surface area contributed by atoms with Crippen molar-refractivity contribution in [1.82, 2.24) is 5.32 Å². The van der Waals surface area contributed by atoms with Gasteiger partial charge in [-0.2, -0.15) is 0 Å². The molecule has 130 valence electrons. The van der Waals surface area contributed by atoms with Crippen molar-refractivity contribution >= 4 is 21.8 Å². The molecule has 2 atom stereocenters. The van der Waals surface area contributed by atoms with Crippen molar-refractivity contribution in [1.29, 1.82) is 0 Å². The topological polar surface area (TPSA) is 29.1 Å². The van der Waals surface area contributed by atoms with Crippen LogP contribution in [-0.2, 0) is 4.79 Å². The van der Waals surface area contributed by atoms with Gasteiger partial charge in [0.1, 0.15) is 0 Å². The summed E-state index contributed by atoms with van der Waals surface area (Å²) in [5.41, 5.74) is 1.29. The molecule has 0 unspecified atom stereocenters. The summed E-state index contributed by atoms with van der Waals surface area (Å²) in [6.45, 7) is 6.35. The highest BCUT2D eigenvalue weighted by molar-refractivity contribution is 9.10. The molecule has 2 rings (SSSR count). The van der Waals surface area contributed by atoms with E-state index in [4.69, 9.17) is 0 Å². The van der Waals surface area contributed by atoms with Crippen molar-refractivity contribution in [2.75, 3.05) is 6.54 Å². The number of halogens is 3. The molecule has 1 N–H and O–H groups in total. The van der Waals surface area contributed by atoms with E-state index >= 15 is 0 Å². The van der Waals surface area contributed by atoms with Gasteiger partial charge in [0.05, 0.1) is 11.8 Å². The normalized spacial score (nSPS) is 22.9. The third kappa shape index (κ3) is 4.76. The average molecular weight is 398 g/mol. The summed E-state index contributed by atoms with van der Waals surface area (Å²) in [7, 11) is 0. The number of amides is 1. The summed E-state index contributed by atoms with van der Waals surface area (Å²) in [4.78, 5) is 11.7. The summed E-state index contributed by atoms with van der Waals surface area (Å²) < 4.78 is 28.9. The van der Waals surface area contributed by atoms with E-state index in [1.54, 1.807) is 37.3 Å². The molecule has 0 aliphatic heterocycles. The Balaban J connectivity index is 1.98. The van der Waals surface area contributed by atoms with Gasteiger partial charge in [-0.25, -0.2) is 8.78 Å². The van der Waals surface area contributed by atoms with Crippen molar-refractivity contribution in [3.8, 4) is 0 Å². The molecule has 0 radical (unpaired) electrons. The third-order valence-electron chi connectivity index (χ3n) is 3.95. The van der Waals surface area contributed by atoms with Crippen LogP contribution < -0.4 is 5.32 Å². The summed E-state index contributed by atoms with van der Waals surface area (Å²) in [5, 5.41) is 2.77. The van der Waals surface area contributed by atoms with Crippen molar-refractivity contribution in [3.63, 3.8) is 0 Å². The van der Waals surface area contributed by atoms with Crippen LogP contribution in [0.1, 0.15) is 32.3 Å². The summed E-state index contributed by atoms with van der Waals surface area (Å²) >= 11 is 3.31. The van der Waals surface area contributed by atoms with Gasteiger partial charge in [-0.3, -0.25) is 4.79 Å². The fraction of sp³-hybridized carbons (Fsp3) is 0.421. The largest absolute Gasteiger partial charge is 0.352 e. The van der Waals surface area contributed by atoms with Gasteiger partial charge in [-0.1, -0.05) is 54.1 Å². The van der Waals surface area contributed by atoms with E-state index in [0.29, 0.717) is 23.6 Å². The van der Waals surface area contributed by atoms with E-state index in [1.807, 2.05) is 13.8 Å². The SMILES string of the molecule is CC(C=C[C@H]1[C@H](c2ccc(Br)cc2)C1(F)F)=CC(=O)NCC(C)C. The van der Waals surface area contributed by atoms with Crippen molar-refractivity contribution in [2.45, 2.75) is 32.6 Å². The first kappa shape index (κ1) is 18.8. The molecule has 0 saturated heterocycles. The number of alkyl halides is 2. The molecule has 0 spiro atoms. The molecule has 1 amide bonds. The summed E-state index contributed by atoms with van der Waals surface area (Å²) in [6.07, 6.45) is 4.55. The van der Waals surface area contributed by atoms with Crippen molar-refractivity contribution in [2.24, 2.45) is 11.8 Å². The molecule has 1 aliphatic carbocycles. The highest BCUT2D eigenvalue weighted by Gasteiger charge is 2.67. The van der Waals surface area contributed by atoms with Gasteiger partial charge in [-0.05, 0) is 36.1 Å². The van der Waals surface area contributed by atoms with Crippen LogP contribution in [0.25, 0.3) is 0 Å². The maximum atomic E-state index is 14.0. The Morgan fingerprint density at radius 3 is 2.54 bits per heavy atom. The minimum atomic E-state index is -2.73. The second-order valence-corrected chi connectivity index (χ2v) is 7.53. The van der Waals surface area contributed by atoms with Crippen LogP contribution in [0.2, 0.25) is 0 Å². The molecular weight excluding hydrogens is 376 g/mol. The Morgan fingerprint density at radius 2 is 1.96 bits per heavy atom. The van der Waals surface area contributed by atoms with E-state index in [9.17, 15) is 13.6 Å². The molecule has 0 heterocycles. The van der Waals surface area contributed by atoms with Crippen LogP contribution in [0.15, 0.2) is 52.5 Å². The second kappa shape index (κ2) is 7.60. The number of rotatable bonds is 6. The standard InChI is InChI=1S/C19H22BrF2NO/c1-12(2)11-23-17(24)10-13(3)4-9-16-18(19(16,21)22)14-5-7-15(20)8-6-14/h4-10,12,16,18H,11H2,1-3H3,(H,23,24)/t16-,18-/m0/s1. The maximum Gasteiger partial charge on any atom is 0.262 e. The van der Waals surface area contributed by atoms with E-state index < -0.39 is 17.8 Å². The number of allylic oxidation sites excluding steroid dienone is 3. The maximum absolute atomic E-state index is 14.0. The molecule has 1 saturated carbocycles. The Bertz CT molecular complexity index is 650. The van der Waals surface area contributed by atoms with Gasteiger partial charge in [0.15, 0.2) is 0 Å². The first-order valence-corrected chi connectivity index (χ1v) is 8.78. The monoisotopic (exact) mass is 397 g/mol. The number of carbonyl (C=O) groups is 1. The third-order valence-corrected chi connectivity index (χ3v) is 4.48. The highest BCUT2D eigenvalue weighted by Crippen LogP contribution is 2.62. The lowest BCUT2D eigenvalue weighted by atomic mass is 10.1. The van der Waals surface area contributed by atoms with Gasteiger partial charge in [0, 0.05) is 17.1 Å². The molecule has 0 bridgehead atoms. The van der Waals surface area contributed by atoms with Crippen LogP contribution in [0.3, 0.4) is 0 Å². The zero-order valence-corrected chi connectivity index (χ0v) is 15.6. The Hall–Kier alpha value is -1.49. The lowest BCUT2D eigenvalue weighted by molar-refractivity contribution is -0.116. The van der Waals surface area contributed by atoms with Crippen molar-refractivity contribution in [3.05, 3.63) is 58.1 Å². The number of benzene rings is 1. The quantitative estimate of drug-likeness (QED) is 0.526. The molecule has 5 heteroatoms. The van der Waals surface area contributed by atoms with Crippen LogP contribution in [-0.4, -0.2) is 18.4 Å². The van der Waals surface area contributed by atoms with Gasteiger partial charge < -0.3 is 5.32 Å². The highest BCUT2D eigenvalue weighted by atomic mass is 79.9. The number of carbonyl (C=O) groups excluding carboxylic acids is 1. The first-order valence-electron chi connectivity index (χ1n) is 7.99. The molecule has 1 aromatic rings. The van der Waals surface area contributed by atoms with Gasteiger partial charge >= 0.3 is 0 Å². The van der Waals surface area contributed by atoms with Gasteiger partial charge in [-0.15, -0.1) is 0 Å². The van der Waals surface area contributed by atoms with E-state index in [-0.39, 0.29) is 5.91 Å². The fourth-order valence-corrected chi connectivity index (χ4v) is 2.82. The molecule has 24 heavy (non-hydrogen) atoms. The Labute approximate surface area is 150 Å². The average Bonchev–Trinajstić information content (AvgIpc) is 3.05. The number of hydrogen-bond donors (Lipinski definition) is 1. The minimum Gasteiger partial charge on any atom is -0.352 e. The van der Waals surface area contributed by atoms with E-state index in [2.05, 4.69) is 21.2 Å². The smallest absolute Gasteiger partial charge is 0.262 e. The number of nitrogens with one attached hydrogen (secondary N) is 1. The molecule has 1 aliphatic rings. The van der Waals surface area contributed by atoms with Crippen LogP contribution in [0.5, 0.6) is 0 Å². The lowest BCUT2D eigenvalue weighted by Gasteiger charge is -2.04. The van der Waals surface area contributed by atoms with Crippen LogP contribution in [0.4, 0.5) is 8.78 Å². The predicted octanol–water partition coefficient (Wildman–Crippen LogP) is 5.07. The first-order chi connectivity index (χ1) is 11.2. The summed E-state index contributed by atoms with van der Waals surface area (Å²) in [5.74, 6) is -4.16. The van der Waals surface area contributed by atoms with Gasteiger partial charge in [0.25, 0.3) is 5.92 Å². The zero-order valence-electron chi connectivity index (χ0n) is 14.0. The predicted molar refractivity (Wildman–Crippen MR) is 96.1 cm³/mol. The molecule has 1 fully saturated rings. The van der Waals surface area contributed by atoms with E-state index in [1.165, 1.54) is 12.2 Å². The Morgan fingerprint density at radius 1 is 1.33 bits per heavy atom. The fourth-order valence-electron chi connectivity index (χ4n) is 2.56.